The SMILES string of the molecule is COC(=O)C[C@@H](NC(=O)COc1cccc(F)c1)c1ccc(OC)c(OC)c1. The highest BCUT2D eigenvalue weighted by atomic mass is 19.1. The number of hydrogen-bond acceptors (Lipinski definition) is 6. The molecule has 0 aliphatic rings. The summed E-state index contributed by atoms with van der Waals surface area (Å²) in [4.78, 5) is 24.1. The zero-order chi connectivity index (χ0) is 20.5. The van der Waals surface area contributed by atoms with Gasteiger partial charge in [0.15, 0.2) is 18.1 Å². The summed E-state index contributed by atoms with van der Waals surface area (Å²) in [6.07, 6.45) is -0.0856. The molecule has 28 heavy (non-hydrogen) atoms. The van der Waals surface area contributed by atoms with Gasteiger partial charge in [0.05, 0.1) is 33.8 Å². The zero-order valence-corrected chi connectivity index (χ0v) is 15.9. The molecule has 0 aliphatic carbocycles. The number of hydrogen-bond donors (Lipinski definition) is 1. The average molecular weight is 391 g/mol. The molecule has 1 N–H and O–H groups in total. The third-order valence-electron chi connectivity index (χ3n) is 3.91. The highest BCUT2D eigenvalue weighted by Gasteiger charge is 2.21. The van der Waals surface area contributed by atoms with Crippen LogP contribution in [0, 0.1) is 5.82 Å². The summed E-state index contributed by atoms with van der Waals surface area (Å²) in [5, 5.41) is 2.72. The lowest BCUT2D eigenvalue weighted by atomic mass is 10.0. The number of halogens is 1. The number of methoxy groups -OCH3 is 3. The van der Waals surface area contributed by atoms with Gasteiger partial charge < -0.3 is 24.3 Å². The molecule has 0 aliphatic heterocycles. The number of ether oxygens (including phenoxy) is 4. The van der Waals surface area contributed by atoms with Crippen LogP contribution < -0.4 is 19.5 Å². The Morgan fingerprint density at radius 3 is 2.43 bits per heavy atom. The van der Waals surface area contributed by atoms with E-state index >= 15 is 0 Å². The van der Waals surface area contributed by atoms with Gasteiger partial charge >= 0.3 is 5.97 Å². The maximum Gasteiger partial charge on any atom is 0.307 e. The highest BCUT2D eigenvalue weighted by molar-refractivity contribution is 5.79. The molecule has 8 heteroatoms. The normalized spacial score (nSPS) is 11.3. The van der Waals surface area contributed by atoms with E-state index in [-0.39, 0.29) is 18.8 Å². The third kappa shape index (κ3) is 5.87. The first kappa shape index (κ1) is 21.0. The van der Waals surface area contributed by atoms with Crippen LogP contribution in [0.2, 0.25) is 0 Å². The van der Waals surface area contributed by atoms with Crippen molar-refractivity contribution in [1.29, 1.82) is 0 Å². The fourth-order valence-corrected chi connectivity index (χ4v) is 2.51. The van der Waals surface area contributed by atoms with Crippen LogP contribution in [0.25, 0.3) is 0 Å². The number of amides is 1. The lowest BCUT2D eigenvalue weighted by Crippen LogP contribution is -2.34. The average Bonchev–Trinajstić information content (AvgIpc) is 2.71. The summed E-state index contributed by atoms with van der Waals surface area (Å²) in [6.45, 7) is -0.339. The Morgan fingerprint density at radius 2 is 1.79 bits per heavy atom. The van der Waals surface area contributed by atoms with Gasteiger partial charge in [-0.05, 0) is 29.8 Å². The number of carbonyl (C=O) groups excluding carboxylic acids is 2. The zero-order valence-electron chi connectivity index (χ0n) is 15.9. The second-order valence-corrected chi connectivity index (χ2v) is 5.76. The Bertz CT molecular complexity index is 826. The Morgan fingerprint density at radius 1 is 1.04 bits per heavy atom. The van der Waals surface area contributed by atoms with Gasteiger partial charge in [-0.3, -0.25) is 9.59 Å². The molecule has 0 bridgehead atoms. The monoisotopic (exact) mass is 391 g/mol. The molecule has 2 aromatic carbocycles. The molecule has 0 saturated heterocycles. The first-order chi connectivity index (χ1) is 13.5. The van der Waals surface area contributed by atoms with Crippen molar-refractivity contribution in [3.8, 4) is 17.2 Å². The summed E-state index contributed by atoms with van der Waals surface area (Å²) in [7, 11) is 4.26. The van der Waals surface area contributed by atoms with Crippen molar-refractivity contribution in [2.75, 3.05) is 27.9 Å². The fraction of sp³-hybridized carbons (Fsp3) is 0.300. The molecule has 0 aromatic heterocycles. The van der Waals surface area contributed by atoms with Crippen molar-refractivity contribution in [2.24, 2.45) is 0 Å². The Labute approximate surface area is 162 Å². The molecule has 0 heterocycles. The number of nitrogens with one attached hydrogen (secondary N) is 1. The number of benzene rings is 2. The van der Waals surface area contributed by atoms with Gasteiger partial charge in [-0.25, -0.2) is 4.39 Å². The standard InChI is InChI=1S/C20H22FNO6/c1-25-17-8-7-13(9-18(17)26-2)16(11-20(24)27-3)22-19(23)12-28-15-6-4-5-14(21)10-15/h4-10,16H,11-12H2,1-3H3,(H,22,23)/t16-/m1/s1. The first-order valence-electron chi connectivity index (χ1n) is 8.43. The van der Waals surface area contributed by atoms with Crippen LogP contribution in [0.5, 0.6) is 17.2 Å². The van der Waals surface area contributed by atoms with Crippen LogP contribution >= 0.6 is 0 Å². The molecule has 0 saturated carbocycles. The minimum atomic E-state index is -0.670. The van der Waals surface area contributed by atoms with E-state index in [0.717, 1.165) is 0 Å². The minimum Gasteiger partial charge on any atom is -0.493 e. The van der Waals surface area contributed by atoms with Gasteiger partial charge in [-0.1, -0.05) is 12.1 Å². The molecule has 1 amide bonds. The van der Waals surface area contributed by atoms with Crippen LogP contribution in [0.4, 0.5) is 4.39 Å². The topological polar surface area (TPSA) is 83.1 Å². The van der Waals surface area contributed by atoms with Crippen molar-refractivity contribution in [2.45, 2.75) is 12.5 Å². The van der Waals surface area contributed by atoms with Gasteiger partial charge in [0.2, 0.25) is 0 Å². The second-order valence-electron chi connectivity index (χ2n) is 5.76. The summed E-state index contributed by atoms with van der Waals surface area (Å²) < 4.78 is 33.6. The molecular formula is C20H22FNO6. The summed E-state index contributed by atoms with van der Waals surface area (Å²) >= 11 is 0. The molecule has 2 rings (SSSR count). The Kier molecular flexibility index (Phi) is 7.62. The lowest BCUT2D eigenvalue weighted by molar-refractivity contribution is -0.141. The molecule has 0 unspecified atom stereocenters. The lowest BCUT2D eigenvalue weighted by Gasteiger charge is -2.20. The van der Waals surface area contributed by atoms with Crippen molar-refractivity contribution < 1.29 is 32.9 Å². The summed E-state index contributed by atoms with van der Waals surface area (Å²) in [6, 6.07) is 9.85. The quantitative estimate of drug-likeness (QED) is 0.662. The summed E-state index contributed by atoms with van der Waals surface area (Å²) in [5.41, 5.74) is 0.627. The van der Waals surface area contributed by atoms with Gasteiger partial charge in [-0.15, -0.1) is 0 Å². The van der Waals surface area contributed by atoms with Crippen molar-refractivity contribution in [1.82, 2.24) is 5.32 Å². The van der Waals surface area contributed by atoms with E-state index in [1.165, 1.54) is 45.6 Å². The highest BCUT2D eigenvalue weighted by Crippen LogP contribution is 2.31. The molecule has 150 valence electrons. The van der Waals surface area contributed by atoms with E-state index in [2.05, 4.69) is 5.32 Å². The van der Waals surface area contributed by atoms with Crippen molar-refractivity contribution in [3.63, 3.8) is 0 Å². The Balaban J connectivity index is 2.12. The molecule has 0 radical (unpaired) electrons. The fourth-order valence-electron chi connectivity index (χ4n) is 2.51. The maximum absolute atomic E-state index is 13.2. The second kappa shape index (κ2) is 10.1. The van der Waals surface area contributed by atoms with E-state index in [0.29, 0.717) is 17.1 Å². The maximum atomic E-state index is 13.2. The van der Waals surface area contributed by atoms with Gasteiger partial charge in [0, 0.05) is 6.07 Å². The number of esters is 1. The predicted octanol–water partition coefficient (Wildman–Crippen LogP) is 2.64. The van der Waals surface area contributed by atoms with E-state index in [9.17, 15) is 14.0 Å². The summed E-state index contributed by atoms with van der Waals surface area (Å²) in [5.74, 6) is -0.236. The van der Waals surface area contributed by atoms with Gasteiger partial charge in [0.1, 0.15) is 11.6 Å². The Hall–Kier alpha value is -3.29. The molecule has 7 nitrogen and oxygen atoms in total. The van der Waals surface area contributed by atoms with Crippen molar-refractivity contribution >= 4 is 11.9 Å². The van der Waals surface area contributed by atoms with Gasteiger partial charge in [-0.2, -0.15) is 0 Å². The van der Waals surface area contributed by atoms with Crippen LogP contribution in [0.3, 0.4) is 0 Å². The van der Waals surface area contributed by atoms with Crippen LogP contribution in [0.15, 0.2) is 42.5 Å². The largest absolute Gasteiger partial charge is 0.493 e. The molecule has 2 aromatic rings. The van der Waals surface area contributed by atoms with Crippen molar-refractivity contribution in [3.05, 3.63) is 53.8 Å². The molecule has 0 spiro atoms. The van der Waals surface area contributed by atoms with E-state index in [1.54, 1.807) is 18.2 Å². The van der Waals surface area contributed by atoms with E-state index < -0.39 is 23.7 Å². The molecule has 0 fully saturated rings. The third-order valence-corrected chi connectivity index (χ3v) is 3.91. The van der Waals surface area contributed by atoms with Crippen LogP contribution in [-0.2, 0) is 14.3 Å². The minimum absolute atomic E-state index is 0.0856. The molecule has 1 atom stereocenters. The first-order valence-corrected chi connectivity index (χ1v) is 8.43. The van der Waals surface area contributed by atoms with Crippen LogP contribution in [-0.4, -0.2) is 39.8 Å². The number of carbonyl (C=O) groups is 2. The predicted molar refractivity (Wildman–Crippen MR) is 99.0 cm³/mol. The van der Waals surface area contributed by atoms with Gasteiger partial charge in [0.25, 0.3) is 5.91 Å². The van der Waals surface area contributed by atoms with Crippen LogP contribution in [0.1, 0.15) is 18.0 Å². The van der Waals surface area contributed by atoms with E-state index in [4.69, 9.17) is 18.9 Å². The number of rotatable bonds is 9. The van der Waals surface area contributed by atoms with E-state index in [1.807, 2.05) is 0 Å². The molecular weight excluding hydrogens is 369 g/mol. The smallest absolute Gasteiger partial charge is 0.307 e.